The fourth-order valence-electron chi connectivity index (χ4n) is 3.35. The highest BCUT2D eigenvalue weighted by Gasteiger charge is 2.31. The summed E-state index contributed by atoms with van der Waals surface area (Å²) in [4.78, 5) is 0. The number of hydrogen-bond donors (Lipinski definition) is 0. The van der Waals surface area contributed by atoms with Crippen molar-refractivity contribution >= 4 is 10.0 Å². The summed E-state index contributed by atoms with van der Waals surface area (Å²) in [7, 11) is -0.155. The summed E-state index contributed by atoms with van der Waals surface area (Å²) in [5.41, 5.74) is 1.43. The van der Waals surface area contributed by atoms with Gasteiger partial charge in [0.15, 0.2) is 17.3 Å². The molecule has 0 aliphatic carbocycles. The Morgan fingerprint density at radius 2 is 1.88 bits per heavy atom. The highest BCUT2D eigenvalue weighted by molar-refractivity contribution is 7.88. The minimum absolute atomic E-state index is 0.287. The van der Waals surface area contributed by atoms with Gasteiger partial charge in [-0.25, -0.2) is 8.42 Å². The van der Waals surface area contributed by atoms with Crippen LogP contribution >= 0.6 is 0 Å². The fraction of sp³-hybridized carbons (Fsp3) is 0.500. The Morgan fingerprint density at radius 1 is 1.12 bits per heavy atom. The van der Waals surface area contributed by atoms with E-state index in [-0.39, 0.29) is 6.04 Å². The first-order chi connectivity index (χ1) is 12.4. The monoisotopic (exact) mass is 380 g/mol. The molecule has 0 amide bonds. The van der Waals surface area contributed by atoms with E-state index in [2.05, 4.69) is 5.16 Å². The first-order valence-corrected chi connectivity index (χ1v) is 10.4. The summed E-state index contributed by atoms with van der Waals surface area (Å²) in [5, 5.41) is 4.17. The molecule has 1 aliphatic heterocycles. The first kappa shape index (κ1) is 18.7. The summed E-state index contributed by atoms with van der Waals surface area (Å²) >= 11 is 0. The SMILES string of the molecule is COc1ccc(-c2cc(C3CCCCCN3S(C)(=O)=O)no2)cc1OC. The van der Waals surface area contributed by atoms with Crippen LogP contribution in [0.15, 0.2) is 28.8 Å². The molecule has 1 saturated heterocycles. The summed E-state index contributed by atoms with van der Waals surface area (Å²) in [6, 6.07) is 6.99. The number of benzene rings is 1. The standard InChI is InChI=1S/C18H24N2O5S/c1-23-16-9-8-13(11-18(16)24-2)17-12-14(19-25-17)15-7-5-4-6-10-20(15)26(3,21)22/h8-9,11-12,15H,4-7,10H2,1-3H3. The highest BCUT2D eigenvalue weighted by Crippen LogP contribution is 2.36. The molecule has 26 heavy (non-hydrogen) atoms. The second-order valence-corrected chi connectivity index (χ2v) is 8.36. The smallest absolute Gasteiger partial charge is 0.211 e. The van der Waals surface area contributed by atoms with E-state index in [1.807, 2.05) is 18.2 Å². The van der Waals surface area contributed by atoms with Crippen LogP contribution in [0.1, 0.15) is 37.4 Å². The van der Waals surface area contributed by atoms with Gasteiger partial charge in [-0.2, -0.15) is 4.31 Å². The second kappa shape index (κ2) is 7.67. The Labute approximate surface area is 153 Å². The summed E-state index contributed by atoms with van der Waals surface area (Å²) in [6.45, 7) is 0.516. The normalized spacial score (nSPS) is 19.1. The largest absolute Gasteiger partial charge is 0.493 e. The van der Waals surface area contributed by atoms with Gasteiger partial charge in [0.25, 0.3) is 0 Å². The molecule has 1 fully saturated rings. The molecule has 0 saturated carbocycles. The molecule has 2 heterocycles. The predicted molar refractivity (Wildman–Crippen MR) is 97.8 cm³/mol. The molecule has 1 aromatic heterocycles. The number of ether oxygens (including phenoxy) is 2. The van der Waals surface area contributed by atoms with Crippen molar-refractivity contribution in [2.24, 2.45) is 0 Å². The van der Waals surface area contributed by atoms with E-state index in [1.54, 1.807) is 20.3 Å². The average molecular weight is 380 g/mol. The molecular formula is C18H24N2O5S. The maximum absolute atomic E-state index is 12.2. The van der Waals surface area contributed by atoms with Crippen molar-refractivity contribution < 1.29 is 22.4 Å². The average Bonchev–Trinajstić information content (AvgIpc) is 2.97. The van der Waals surface area contributed by atoms with Crippen molar-refractivity contribution in [2.45, 2.75) is 31.7 Å². The topological polar surface area (TPSA) is 81.9 Å². The lowest BCUT2D eigenvalue weighted by Gasteiger charge is -2.25. The molecule has 8 heteroatoms. The number of rotatable bonds is 5. The van der Waals surface area contributed by atoms with Gasteiger partial charge >= 0.3 is 0 Å². The van der Waals surface area contributed by atoms with Crippen LogP contribution in [0, 0.1) is 0 Å². The lowest BCUT2D eigenvalue weighted by atomic mass is 10.1. The highest BCUT2D eigenvalue weighted by atomic mass is 32.2. The van der Waals surface area contributed by atoms with E-state index in [4.69, 9.17) is 14.0 Å². The zero-order chi connectivity index (χ0) is 18.7. The van der Waals surface area contributed by atoms with Crippen LogP contribution in [-0.2, 0) is 10.0 Å². The Morgan fingerprint density at radius 3 is 2.58 bits per heavy atom. The third-order valence-electron chi connectivity index (χ3n) is 4.67. The molecule has 142 valence electrons. The van der Waals surface area contributed by atoms with Crippen LogP contribution in [0.4, 0.5) is 0 Å². The molecule has 1 atom stereocenters. The van der Waals surface area contributed by atoms with Gasteiger partial charge in [-0.05, 0) is 31.0 Å². The minimum Gasteiger partial charge on any atom is -0.493 e. The van der Waals surface area contributed by atoms with Gasteiger partial charge in [0.1, 0.15) is 5.69 Å². The summed E-state index contributed by atoms with van der Waals surface area (Å²) in [6.07, 6.45) is 4.84. The lowest BCUT2D eigenvalue weighted by molar-refractivity contribution is 0.310. The van der Waals surface area contributed by atoms with Crippen molar-refractivity contribution in [3.05, 3.63) is 30.0 Å². The lowest BCUT2D eigenvalue weighted by Crippen LogP contribution is -2.34. The van der Waals surface area contributed by atoms with Gasteiger partial charge in [0, 0.05) is 18.2 Å². The van der Waals surface area contributed by atoms with Crippen LogP contribution in [0.5, 0.6) is 11.5 Å². The first-order valence-electron chi connectivity index (χ1n) is 8.60. The summed E-state index contributed by atoms with van der Waals surface area (Å²) in [5.74, 6) is 1.79. The molecule has 0 N–H and O–H groups in total. The molecule has 1 aliphatic rings. The summed E-state index contributed by atoms with van der Waals surface area (Å²) < 4.78 is 42.0. The van der Waals surface area contributed by atoms with Crippen LogP contribution in [0.2, 0.25) is 0 Å². The van der Waals surface area contributed by atoms with Gasteiger partial charge in [-0.1, -0.05) is 18.0 Å². The molecular weight excluding hydrogens is 356 g/mol. The van der Waals surface area contributed by atoms with Gasteiger partial charge in [-0.15, -0.1) is 0 Å². The van der Waals surface area contributed by atoms with Gasteiger partial charge in [0.2, 0.25) is 10.0 Å². The molecule has 3 rings (SSSR count). The van der Waals surface area contributed by atoms with Crippen molar-refractivity contribution in [1.29, 1.82) is 0 Å². The van der Waals surface area contributed by atoms with E-state index in [0.717, 1.165) is 31.2 Å². The third kappa shape index (κ3) is 3.86. The number of hydrogen-bond acceptors (Lipinski definition) is 6. The quantitative estimate of drug-likeness (QED) is 0.792. The fourth-order valence-corrected chi connectivity index (χ4v) is 4.48. The van der Waals surface area contributed by atoms with E-state index >= 15 is 0 Å². The molecule has 1 aromatic carbocycles. The van der Waals surface area contributed by atoms with Crippen molar-refractivity contribution in [2.75, 3.05) is 27.0 Å². The van der Waals surface area contributed by atoms with Crippen LogP contribution in [0.25, 0.3) is 11.3 Å². The number of sulfonamides is 1. The molecule has 7 nitrogen and oxygen atoms in total. The number of methoxy groups -OCH3 is 2. The second-order valence-electron chi connectivity index (χ2n) is 6.42. The van der Waals surface area contributed by atoms with Crippen LogP contribution < -0.4 is 9.47 Å². The zero-order valence-electron chi connectivity index (χ0n) is 15.3. The molecule has 2 aromatic rings. The Balaban J connectivity index is 1.93. The number of nitrogens with zero attached hydrogens (tertiary/aromatic N) is 2. The Hall–Kier alpha value is -2.06. The van der Waals surface area contributed by atoms with Crippen molar-refractivity contribution in [1.82, 2.24) is 9.46 Å². The van der Waals surface area contributed by atoms with Gasteiger partial charge < -0.3 is 14.0 Å². The molecule has 0 bridgehead atoms. The number of aromatic nitrogens is 1. The van der Waals surface area contributed by atoms with Gasteiger partial charge in [-0.3, -0.25) is 0 Å². The predicted octanol–water partition coefficient (Wildman–Crippen LogP) is 3.24. The van der Waals surface area contributed by atoms with E-state index in [1.165, 1.54) is 10.6 Å². The Kier molecular flexibility index (Phi) is 5.52. The molecule has 0 spiro atoms. The van der Waals surface area contributed by atoms with Crippen LogP contribution in [0.3, 0.4) is 0 Å². The van der Waals surface area contributed by atoms with E-state index in [9.17, 15) is 8.42 Å². The maximum atomic E-state index is 12.2. The van der Waals surface area contributed by atoms with Gasteiger partial charge in [0.05, 0.1) is 26.5 Å². The van der Waals surface area contributed by atoms with Crippen molar-refractivity contribution in [3.8, 4) is 22.8 Å². The van der Waals surface area contributed by atoms with Crippen LogP contribution in [-0.4, -0.2) is 44.9 Å². The third-order valence-corrected chi connectivity index (χ3v) is 5.96. The van der Waals surface area contributed by atoms with E-state index in [0.29, 0.717) is 29.5 Å². The minimum atomic E-state index is -3.31. The zero-order valence-corrected chi connectivity index (χ0v) is 16.1. The van der Waals surface area contributed by atoms with Crippen molar-refractivity contribution in [3.63, 3.8) is 0 Å². The molecule has 1 unspecified atom stereocenters. The molecule has 0 radical (unpaired) electrons. The maximum Gasteiger partial charge on any atom is 0.211 e. The Bertz CT molecular complexity index is 862. The van der Waals surface area contributed by atoms with E-state index < -0.39 is 10.0 Å².